The largest absolute Gasteiger partial charge is 0.299 e. The lowest BCUT2D eigenvalue weighted by atomic mass is 10.1. The Labute approximate surface area is 113 Å². The van der Waals surface area contributed by atoms with E-state index in [1.54, 1.807) is 6.92 Å². The highest BCUT2D eigenvalue weighted by Gasteiger charge is 2.39. The van der Waals surface area contributed by atoms with Gasteiger partial charge in [0.25, 0.3) is 11.7 Å². The van der Waals surface area contributed by atoms with Gasteiger partial charge in [0.15, 0.2) is 0 Å². The molecule has 1 aliphatic rings. The minimum atomic E-state index is -0.796. The number of nitrogens with zero attached hydrogens (tertiary/aromatic N) is 1. The lowest BCUT2D eigenvalue weighted by Gasteiger charge is -2.17. The molecule has 0 radical (unpaired) electrons. The van der Waals surface area contributed by atoms with E-state index in [0.29, 0.717) is 5.57 Å². The van der Waals surface area contributed by atoms with Crippen molar-refractivity contribution in [3.63, 3.8) is 0 Å². The van der Waals surface area contributed by atoms with Crippen LogP contribution in [0.5, 0.6) is 0 Å². The lowest BCUT2D eigenvalue weighted by molar-refractivity contribution is -0.114. The zero-order valence-corrected chi connectivity index (χ0v) is 10.8. The third kappa shape index (κ3) is 1.91. The van der Waals surface area contributed by atoms with Crippen LogP contribution in [0.2, 0.25) is 5.02 Å². The lowest BCUT2D eigenvalue weighted by Crippen LogP contribution is -2.31. The minimum absolute atomic E-state index is 0.0539. The zero-order valence-electron chi connectivity index (χ0n) is 9.34. The number of benzene rings is 1. The maximum atomic E-state index is 13.8. The summed E-state index contributed by atoms with van der Waals surface area (Å²) in [5, 5.41) is 0.0692. The summed E-state index contributed by atoms with van der Waals surface area (Å²) < 4.78 is 13.8. The van der Waals surface area contributed by atoms with Crippen molar-refractivity contribution in [1.29, 1.82) is 0 Å². The molecule has 94 valence electrons. The topological polar surface area (TPSA) is 37.4 Å². The van der Waals surface area contributed by atoms with E-state index in [0.717, 1.165) is 11.0 Å². The van der Waals surface area contributed by atoms with Crippen molar-refractivity contribution < 1.29 is 14.0 Å². The van der Waals surface area contributed by atoms with Crippen LogP contribution in [-0.2, 0) is 4.79 Å². The third-order valence-corrected chi connectivity index (χ3v) is 3.30. The van der Waals surface area contributed by atoms with E-state index in [4.69, 9.17) is 23.2 Å². The maximum Gasteiger partial charge on any atom is 0.299 e. The third-order valence-electron chi connectivity index (χ3n) is 2.61. The highest BCUT2D eigenvalue weighted by Crippen LogP contribution is 2.36. The summed E-state index contributed by atoms with van der Waals surface area (Å²) in [6, 6.07) is 2.38. The number of hydrogen-bond donors (Lipinski definition) is 0. The number of carbonyl (C=O) groups excluding carboxylic acids is 2. The zero-order chi connectivity index (χ0) is 13.4. The molecule has 1 amide bonds. The molecule has 1 aromatic carbocycles. The fraction of sp³-hybridized carbons (Fsp3) is 0.167. The van der Waals surface area contributed by atoms with Crippen molar-refractivity contribution in [2.45, 2.75) is 6.92 Å². The fourth-order valence-electron chi connectivity index (χ4n) is 1.79. The van der Waals surface area contributed by atoms with Gasteiger partial charge >= 0.3 is 0 Å². The second-order valence-electron chi connectivity index (χ2n) is 3.93. The van der Waals surface area contributed by atoms with Gasteiger partial charge in [-0.1, -0.05) is 23.2 Å². The molecule has 0 spiro atoms. The van der Waals surface area contributed by atoms with Gasteiger partial charge in [-0.3, -0.25) is 14.5 Å². The van der Waals surface area contributed by atoms with Crippen molar-refractivity contribution in [2.75, 3.05) is 11.4 Å². The molecule has 2 rings (SSSR count). The van der Waals surface area contributed by atoms with Gasteiger partial charge in [-0.2, -0.15) is 0 Å². The highest BCUT2D eigenvalue weighted by molar-refractivity contribution is 6.55. The number of Topliss-reactive ketones (excluding diaryl/α,β-unsaturated/α-hetero) is 1. The molecule has 6 heteroatoms. The van der Waals surface area contributed by atoms with Crippen LogP contribution in [0.25, 0.3) is 0 Å². The Morgan fingerprint density at radius 1 is 1.44 bits per heavy atom. The standard InChI is InChI=1S/C12H8Cl2FNO2/c1-6(4-13)5-16-10-8(15)3-2-7(14)9(10)11(17)12(16)18/h2-4H,5H2,1H3/b6-4-. The average molecular weight is 288 g/mol. The second kappa shape index (κ2) is 4.71. The average Bonchev–Trinajstić information content (AvgIpc) is 2.60. The van der Waals surface area contributed by atoms with Crippen LogP contribution >= 0.6 is 23.2 Å². The van der Waals surface area contributed by atoms with Gasteiger partial charge in [0.1, 0.15) is 5.82 Å². The van der Waals surface area contributed by atoms with Gasteiger partial charge in [-0.05, 0) is 24.6 Å². The van der Waals surface area contributed by atoms with E-state index in [-0.39, 0.29) is 22.8 Å². The van der Waals surface area contributed by atoms with Crippen LogP contribution < -0.4 is 4.90 Å². The first-order valence-electron chi connectivity index (χ1n) is 5.07. The van der Waals surface area contributed by atoms with Gasteiger partial charge in [-0.15, -0.1) is 0 Å². The summed E-state index contributed by atoms with van der Waals surface area (Å²) in [4.78, 5) is 24.6. The van der Waals surface area contributed by atoms with Crippen molar-refractivity contribution in [2.24, 2.45) is 0 Å². The number of ketones is 1. The smallest absolute Gasteiger partial charge is 0.298 e. The normalized spacial score (nSPS) is 15.3. The van der Waals surface area contributed by atoms with Crippen LogP contribution in [0.3, 0.4) is 0 Å². The number of rotatable bonds is 2. The minimum Gasteiger partial charge on any atom is -0.298 e. The molecule has 0 unspecified atom stereocenters. The van der Waals surface area contributed by atoms with Crippen molar-refractivity contribution in [3.05, 3.63) is 39.6 Å². The molecule has 18 heavy (non-hydrogen) atoms. The molecule has 1 aromatic rings. The van der Waals surface area contributed by atoms with Gasteiger partial charge < -0.3 is 0 Å². The molecule has 0 saturated heterocycles. The summed E-state index contributed by atoms with van der Waals surface area (Å²) in [5.74, 6) is -2.25. The Morgan fingerprint density at radius 3 is 2.72 bits per heavy atom. The predicted molar refractivity (Wildman–Crippen MR) is 67.7 cm³/mol. The second-order valence-corrected chi connectivity index (χ2v) is 4.55. The molecule has 0 N–H and O–H groups in total. The van der Waals surface area contributed by atoms with E-state index in [1.807, 2.05) is 0 Å². The van der Waals surface area contributed by atoms with E-state index >= 15 is 0 Å². The fourth-order valence-corrected chi connectivity index (χ4v) is 2.09. The Morgan fingerprint density at radius 2 is 2.11 bits per heavy atom. The van der Waals surface area contributed by atoms with E-state index in [9.17, 15) is 14.0 Å². The summed E-state index contributed by atoms with van der Waals surface area (Å²) >= 11 is 11.3. The molecular weight excluding hydrogens is 280 g/mol. The Hall–Kier alpha value is -1.39. The molecule has 0 saturated carbocycles. The first kappa shape index (κ1) is 13.1. The van der Waals surface area contributed by atoms with Gasteiger partial charge in [0, 0.05) is 12.1 Å². The van der Waals surface area contributed by atoms with E-state index in [1.165, 1.54) is 11.6 Å². The molecule has 0 bridgehead atoms. The Balaban J connectivity index is 2.58. The van der Waals surface area contributed by atoms with Crippen LogP contribution in [-0.4, -0.2) is 18.2 Å². The molecule has 0 fully saturated rings. The van der Waals surface area contributed by atoms with Crippen LogP contribution in [0, 0.1) is 5.82 Å². The highest BCUT2D eigenvalue weighted by atomic mass is 35.5. The monoisotopic (exact) mass is 287 g/mol. The summed E-state index contributed by atoms with van der Waals surface area (Å²) in [6.07, 6.45) is 0. The predicted octanol–water partition coefficient (Wildman–Crippen LogP) is 3.15. The number of halogens is 3. The van der Waals surface area contributed by atoms with E-state index < -0.39 is 17.5 Å². The maximum absolute atomic E-state index is 13.8. The molecular formula is C12H8Cl2FNO2. The van der Waals surface area contributed by atoms with Crippen molar-refractivity contribution >= 4 is 40.6 Å². The molecule has 3 nitrogen and oxygen atoms in total. The van der Waals surface area contributed by atoms with Gasteiger partial charge in [0.05, 0.1) is 16.3 Å². The van der Waals surface area contributed by atoms with Gasteiger partial charge in [0.2, 0.25) is 0 Å². The SMILES string of the molecule is C/C(=C/Cl)CN1C(=O)C(=O)c2c(Cl)ccc(F)c21. The molecule has 1 aliphatic heterocycles. The molecule has 1 heterocycles. The van der Waals surface area contributed by atoms with Crippen molar-refractivity contribution in [3.8, 4) is 0 Å². The first-order valence-corrected chi connectivity index (χ1v) is 5.89. The van der Waals surface area contributed by atoms with Gasteiger partial charge in [-0.25, -0.2) is 4.39 Å². The van der Waals surface area contributed by atoms with Crippen LogP contribution in [0.4, 0.5) is 10.1 Å². The molecule has 0 atom stereocenters. The number of hydrogen-bond acceptors (Lipinski definition) is 2. The summed E-state index contributed by atoms with van der Waals surface area (Å²) in [6.45, 7) is 1.73. The van der Waals surface area contributed by atoms with Crippen molar-refractivity contribution in [1.82, 2.24) is 0 Å². The summed E-state index contributed by atoms with van der Waals surface area (Å²) in [7, 11) is 0. The number of carbonyl (C=O) groups is 2. The van der Waals surface area contributed by atoms with E-state index in [2.05, 4.69) is 0 Å². The quantitative estimate of drug-likeness (QED) is 0.784. The summed E-state index contributed by atoms with van der Waals surface area (Å²) in [5.41, 5.74) is 1.75. The number of anilines is 1. The van der Waals surface area contributed by atoms with Crippen LogP contribution in [0.15, 0.2) is 23.2 Å². The Kier molecular flexibility index (Phi) is 3.41. The first-order chi connectivity index (χ1) is 8.47. The van der Waals surface area contributed by atoms with Crippen LogP contribution in [0.1, 0.15) is 17.3 Å². The number of amides is 1. The molecule has 0 aliphatic carbocycles. The Bertz CT molecular complexity index is 584. The molecule has 0 aromatic heterocycles. The number of fused-ring (bicyclic) bond motifs is 1.